The molecule has 2 aromatic carbocycles. The smallest absolute Gasteiger partial charge is 0.261 e. The normalized spacial score (nSPS) is 12.4. The molecule has 31 heavy (non-hydrogen) atoms. The molecule has 0 radical (unpaired) electrons. The Kier molecular flexibility index (Phi) is 9.18. The van der Waals surface area contributed by atoms with Crippen LogP contribution in [0.25, 0.3) is 0 Å². The van der Waals surface area contributed by atoms with E-state index in [4.69, 9.17) is 14.2 Å². The van der Waals surface area contributed by atoms with Gasteiger partial charge in [0.25, 0.3) is 5.91 Å². The number of amides is 2. The van der Waals surface area contributed by atoms with Crippen molar-refractivity contribution >= 4 is 11.8 Å². The van der Waals surface area contributed by atoms with Crippen molar-refractivity contribution in [1.29, 1.82) is 0 Å². The summed E-state index contributed by atoms with van der Waals surface area (Å²) in [4.78, 5) is 27.3. The molecule has 0 aromatic heterocycles. The zero-order valence-corrected chi connectivity index (χ0v) is 18.9. The maximum Gasteiger partial charge on any atom is 0.261 e. The average molecular weight is 429 g/mol. The molecule has 7 heteroatoms. The Hall–Kier alpha value is -3.22. The lowest BCUT2D eigenvalue weighted by molar-refractivity contribution is -0.142. The Morgan fingerprint density at radius 2 is 1.42 bits per heavy atom. The van der Waals surface area contributed by atoms with E-state index in [0.29, 0.717) is 11.5 Å². The number of nitrogens with zero attached hydrogens (tertiary/aromatic N) is 1. The van der Waals surface area contributed by atoms with Gasteiger partial charge >= 0.3 is 0 Å². The second kappa shape index (κ2) is 11.8. The molecule has 2 atom stereocenters. The molecular weight excluding hydrogens is 396 g/mol. The van der Waals surface area contributed by atoms with Crippen LogP contribution >= 0.6 is 0 Å². The van der Waals surface area contributed by atoms with E-state index in [-0.39, 0.29) is 31.0 Å². The third kappa shape index (κ3) is 7.20. The fraction of sp³-hybridized carbons (Fsp3) is 0.417. The van der Waals surface area contributed by atoms with E-state index in [2.05, 4.69) is 5.32 Å². The Balaban J connectivity index is 2.13. The number of carbonyl (C=O) groups is 2. The number of hydrogen-bond donors (Lipinski definition) is 1. The van der Waals surface area contributed by atoms with Crippen LogP contribution in [0.1, 0.15) is 32.8 Å². The van der Waals surface area contributed by atoms with Gasteiger partial charge in [-0.25, -0.2) is 0 Å². The molecule has 0 fully saturated rings. The van der Waals surface area contributed by atoms with Crippen LogP contribution in [0.3, 0.4) is 0 Å². The van der Waals surface area contributed by atoms with Crippen molar-refractivity contribution in [3.63, 3.8) is 0 Å². The minimum Gasteiger partial charge on any atom is -0.497 e. The molecular formula is C24H32N2O5. The zero-order valence-electron chi connectivity index (χ0n) is 18.9. The number of methoxy groups -OCH3 is 2. The molecule has 0 aliphatic rings. The first kappa shape index (κ1) is 24.1. The molecule has 0 aliphatic carbocycles. The van der Waals surface area contributed by atoms with Gasteiger partial charge in [-0.1, -0.05) is 19.1 Å². The predicted molar refractivity (Wildman–Crippen MR) is 119 cm³/mol. The Labute approximate surface area is 184 Å². The summed E-state index contributed by atoms with van der Waals surface area (Å²) in [7, 11) is 3.19. The maximum atomic E-state index is 13.0. The molecule has 168 valence electrons. The largest absolute Gasteiger partial charge is 0.497 e. The zero-order chi connectivity index (χ0) is 22.8. The summed E-state index contributed by atoms with van der Waals surface area (Å²) >= 11 is 0. The maximum absolute atomic E-state index is 13.0. The van der Waals surface area contributed by atoms with Crippen LogP contribution in [0.4, 0.5) is 0 Å². The number of benzene rings is 2. The van der Waals surface area contributed by atoms with Crippen molar-refractivity contribution in [3.8, 4) is 17.2 Å². The molecule has 2 rings (SSSR count). The van der Waals surface area contributed by atoms with Crippen molar-refractivity contribution in [2.45, 2.75) is 45.8 Å². The highest BCUT2D eigenvalue weighted by molar-refractivity contribution is 5.88. The molecule has 7 nitrogen and oxygen atoms in total. The van der Waals surface area contributed by atoms with Gasteiger partial charge in [0.15, 0.2) is 6.61 Å². The van der Waals surface area contributed by atoms with Crippen molar-refractivity contribution in [1.82, 2.24) is 10.2 Å². The van der Waals surface area contributed by atoms with Gasteiger partial charge in [-0.3, -0.25) is 9.59 Å². The van der Waals surface area contributed by atoms with E-state index in [0.717, 1.165) is 17.7 Å². The SMILES string of the molecule is CCC(C)NC(=O)C(C)N(Cc1ccc(OC)cc1)C(=O)COc1ccc(OC)cc1. The van der Waals surface area contributed by atoms with Crippen molar-refractivity contribution in [2.75, 3.05) is 20.8 Å². The van der Waals surface area contributed by atoms with Crippen LogP contribution < -0.4 is 19.5 Å². The molecule has 0 heterocycles. The second-order valence-electron chi connectivity index (χ2n) is 7.33. The van der Waals surface area contributed by atoms with Crippen LogP contribution in [0.15, 0.2) is 48.5 Å². The molecule has 2 aromatic rings. The van der Waals surface area contributed by atoms with Crippen LogP contribution in [0.5, 0.6) is 17.2 Å². The first-order valence-corrected chi connectivity index (χ1v) is 10.4. The molecule has 0 aliphatic heterocycles. The van der Waals surface area contributed by atoms with Crippen LogP contribution in [0, 0.1) is 0 Å². The topological polar surface area (TPSA) is 77.1 Å². The van der Waals surface area contributed by atoms with Crippen molar-refractivity contribution < 1.29 is 23.8 Å². The van der Waals surface area contributed by atoms with Gasteiger partial charge in [-0.05, 0) is 62.2 Å². The summed E-state index contributed by atoms with van der Waals surface area (Å²) in [5.74, 6) is 1.51. The predicted octanol–water partition coefficient (Wildman–Crippen LogP) is 3.41. The average Bonchev–Trinajstić information content (AvgIpc) is 2.81. The highest BCUT2D eigenvalue weighted by atomic mass is 16.5. The van der Waals surface area contributed by atoms with Gasteiger partial charge in [0.05, 0.1) is 14.2 Å². The number of nitrogens with one attached hydrogen (secondary N) is 1. The van der Waals surface area contributed by atoms with Gasteiger partial charge in [0.1, 0.15) is 23.3 Å². The highest BCUT2D eigenvalue weighted by Crippen LogP contribution is 2.18. The standard InChI is InChI=1S/C24H32N2O5/c1-6-17(2)25-24(28)18(3)26(15-19-7-9-20(29-4)10-8-19)23(27)16-31-22-13-11-21(30-5)12-14-22/h7-14,17-18H,6,15-16H2,1-5H3,(H,25,28). The van der Waals surface area contributed by atoms with Crippen LogP contribution in [-0.2, 0) is 16.1 Å². The van der Waals surface area contributed by atoms with E-state index >= 15 is 0 Å². The van der Waals surface area contributed by atoms with E-state index in [1.165, 1.54) is 4.90 Å². The quantitative estimate of drug-likeness (QED) is 0.594. The van der Waals surface area contributed by atoms with E-state index < -0.39 is 6.04 Å². The minimum atomic E-state index is -0.650. The lowest BCUT2D eigenvalue weighted by Crippen LogP contribution is -2.50. The molecule has 1 N–H and O–H groups in total. The highest BCUT2D eigenvalue weighted by Gasteiger charge is 2.27. The summed E-state index contributed by atoms with van der Waals surface area (Å²) in [5.41, 5.74) is 0.891. The monoisotopic (exact) mass is 428 g/mol. The fourth-order valence-electron chi connectivity index (χ4n) is 2.88. The Bertz CT molecular complexity index is 836. The summed E-state index contributed by atoms with van der Waals surface area (Å²) < 4.78 is 16.0. The van der Waals surface area contributed by atoms with Gasteiger partial charge in [-0.2, -0.15) is 0 Å². The Morgan fingerprint density at radius 1 is 0.903 bits per heavy atom. The molecule has 2 amide bonds. The lowest BCUT2D eigenvalue weighted by atomic mass is 10.1. The Morgan fingerprint density at radius 3 is 1.94 bits per heavy atom. The first-order chi connectivity index (χ1) is 14.9. The minimum absolute atomic E-state index is 0.0310. The third-order valence-electron chi connectivity index (χ3n) is 5.10. The number of hydrogen-bond acceptors (Lipinski definition) is 5. The number of carbonyl (C=O) groups excluding carboxylic acids is 2. The second-order valence-corrected chi connectivity index (χ2v) is 7.33. The van der Waals surface area contributed by atoms with Gasteiger partial charge in [0, 0.05) is 12.6 Å². The lowest BCUT2D eigenvalue weighted by Gasteiger charge is -2.29. The van der Waals surface area contributed by atoms with Gasteiger partial charge < -0.3 is 24.4 Å². The van der Waals surface area contributed by atoms with Gasteiger partial charge in [0.2, 0.25) is 5.91 Å². The molecule has 2 unspecified atom stereocenters. The first-order valence-electron chi connectivity index (χ1n) is 10.4. The molecule has 0 bridgehead atoms. The third-order valence-corrected chi connectivity index (χ3v) is 5.10. The van der Waals surface area contributed by atoms with Gasteiger partial charge in [-0.15, -0.1) is 0 Å². The van der Waals surface area contributed by atoms with E-state index in [1.807, 2.05) is 38.1 Å². The van der Waals surface area contributed by atoms with E-state index in [9.17, 15) is 9.59 Å². The fourth-order valence-corrected chi connectivity index (χ4v) is 2.88. The van der Waals surface area contributed by atoms with Crippen molar-refractivity contribution in [3.05, 3.63) is 54.1 Å². The summed E-state index contributed by atoms with van der Waals surface area (Å²) in [5, 5.41) is 2.95. The molecule has 0 saturated heterocycles. The molecule has 0 spiro atoms. The summed E-state index contributed by atoms with van der Waals surface area (Å²) in [6, 6.07) is 13.8. The van der Waals surface area contributed by atoms with Crippen molar-refractivity contribution in [2.24, 2.45) is 0 Å². The number of rotatable bonds is 11. The van der Waals surface area contributed by atoms with E-state index in [1.54, 1.807) is 45.4 Å². The van der Waals surface area contributed by atoms with Crippen LogP contribution in [-0.4, -0.2) is 49.6 Å². The summed E-state index contributed by atoms with van der Waals surface area (Å²) in [6.45, 7) is 5.77. The van der Waals surface area contributed by atoms with Crippen LogP contribution in [0.2, 0.25) is 0 Å². The number of ether oxygens (including phenoxy) is 3. The summed E-state index contributed by atoms with van der Waals surface area (Å²) in [6.07, 6.45) is 0.811. The molecule has 0 saturated carbocycles.